The zero-order valence-corrected chi connectivity index (χ0v) is 17.3. The van der Waals surface area contributed by atoms with E-state index in [4.69, 9.17) is 4.74 Å². The van der Waals surface area contributed by atoms with Gasteiger partial charge in [0.25, 0.3) is 0 Å². The molecule has 1 fully saturated rings. The number of rotatable bonds is 8. The lowest BCUT2D eigenvalue weighted by atomic mass is 10.0. The smallest absolute Gasteiger partial charge is 0.226 e. The van der Waals surface area contributed by atoms with E-state index in [2.05, 4.69) is 10.00 Å². The van der Waals surface area contributed by atoms with Crippen LogP contribution in [0.25, 0.3) is 0 Å². The molecule has 1 amide bonds. The normalized spacial score (nSPS) is 15.7. The van der Waals surface area contributed by atoms with Crippen molar-refractivity contribution in [1.82, 2.24) is 19.6 Å². The molecule has 0 bridgehead atoms. The van der Waals surface area contributed by atoms with E-state index in [1.54, 1.807) is 0 Å². The summed E-state index contributed by atoms with van der Waals surface area (Å²) < 4.78 is 7.71. The first kappa shape index (κ1) is 20.4. The summed E-state index contributed by atoms with van der Waals surface area (Å²) in [7, 11) is 1.95. The molecule has 0 radical (unpaired) electrons. The fourth-order valence-electron chi connectivity index (χ4n) is 3.71. The van der Waals surface area contributed by atoms with E-state index >= 15 is 0 Å². The average Bonchev–Trinajstić information content (AvgIpc) is 3.19. The quantitative estimate of drug-likeness (QED) is 0.702. The van der Waals surface area contributed by atoms with Gasteiger partial charge in [0.1, 0.15) is 5.75 Å². The molecule has 2 heterocycles. The average molecular weight is 385 g/mol. The van der Waals surface area contributed by atoms with Crippen molar-refractivity contribution in [3.8, 4) is 5.75 Å². The van der Waals surface area contributed by atoms with Crippen molar-refractivity contribution in [2.75, 3.05) is 26.7 Å². The number of ether oxygens (including phenoxy) is 1. The van der Waals surface area contributed by atoms with Crippen LogP contribution in [0, 0.1) is 0 Å². The fraction of sp³-hybridized carbons (Fsp3) is 0.545. The second-order valence-electron chi connectivity index (χ2n) is 7.84. The zero-order chi connectivity index (χ0) is 19.9. The Morgan fingerprint density at radius 1 is 1.25 bits per heavy atom. The second-order valence-corrected chi connectivity index (χ2v) is 7.84. The molecule has 1 aromatic heterocycles. The molecule has 1 aliphatic rings. The molecular weight excluding hydrogens is 352 g/mol. The van der Waals surface area contributed by atoms with Crippen LogP contribution in [-0.2, 0) is 17.8 Å². The van der Waals surface area contributed by atoms with Crippen LogP contribution in [0.1, 0.15) is 32.3 Å². The van der Waals surface area contributed by atoms with E-state index in [1.807, 2.05) is 73.2 Å². The third kappa shape index (κ3) is 5.83. The Hall–Kier alpha value is -2.34. The summed E-state index contributed by atoms with van der Waals surface area (Å²) in [6.45, 7) is 8.00. The summed E-state index contributed by atoms with van der Waals surface area (Å²) in [6.07, 6.45) is 6.42. The van der Waals surface area contributed by atoms with Crippen molar-refractivity contribution in [3.05, 3.63) is 48.3 Å². The molecule has 0 unspecified atom stereocenters. The first-order valence-electron chi connectivity index (χ1n) is 10.2. The molecule has 3 rings (SSSR count). The van der Waals surface area contributed by atoms with Gasteiger partial charge >= 0.3 is 0 Å². The predicted molar refractivity (Wildman–Crippen MR) is 110 cm³/mol. The molecule has 1 aliphatic heterocycles. The van der Waals surface area contributed by atoms with E-state index in [0.29, 0.717) is 12.5 Å². The Kier molecular flexibility index (Phi) is 7.09. The number of hydrogen-bond acceptors (Lipinski definition) is 4. The number of carbonyl (C=O) groups is 1. The van der Waals surface area contributed by atoms with Crippen LogP contribution < -0.4 is 4.74 Å². The Morgan fingerprint density at radius 2 is 2.04 bits per heavy atom. The standard InChI is InChI=1S/C22H32N4O2/c1-18(2)28-21-7-4-6-19(16-21)17-22(27)24(3)20-8-12-25(13-9-20)14-15-26-11-5-10-23-26/h4-7,10-11,16,18,20H,8-9,12-15,17H2,1-3H3. The molecule has 1 aromatic carbocycles. The number of likely N-dealkylation sites (N-methyl/N-ethyl adjacent to an activating group) is 1. The summed E-state index contributed by atoms with van der Waals surface area (Å²) in [5.74, 6) is 1.00. The van der Waals surface area contributed by atoms with Gasteiger partial charge in [-0.1, -0.05) is 12.1 Å². The number of nitrogens with zero attached hydrogens (tertiary/aromatic N) is 4. The summed E-state index contributed by atoms with van der Waals surface area (Å²) in [4.78, 5) is 17.2. The van der Waals surface area contributed by atoms with Gasteiger partial charge in [-0.05, 0) is 50.5 Å². The summed E-state index contributed by atoms with van der Waals surface area (Å²) in [5.41, 5.74) is 1.01. The van der Waals surface area contributed by atoms with Crippen molar-refractivity contribution in [3.63, 3.8) is 0 Å². The number of piperidine rings is 1. The van der Waals surface area contributed by atoms with Gasteiger partial charge in [0, 0.05) is 45.1 Å². The topological polar surface area (TPSA) is 50.6 Å². The lowest BCUT2D eigenvalue weighted by Crippen LogP contribution is -2.46. The third-order valence-corrected chi connectivity index (χ3v) is 5.33. The zero-order valence-electron chi connectivity index (χ0n) is 17.3. The Balaban J connectivity index is 1.45. The lowest BCUT2D eigenvalue weighted by Gasteiger charge is -2.36. The Morgan fingerprint density at radius 3 is 2.71 bits per heavy atom. The van der Waals surface area contributed by atoms with Crippen LogP contribution in [0.2, 0.25) is 0 Å². The first-order valence-corrected chi connectivity index (χ1v) is 10.2. The van der Waals surface area contributed by atoms with E-state index in [-0.39, 0.29) is 12.0 Å². The SMILES string of the molecule is CC(C)Oc1cccc(CC(=O)N(C)C2CCN(CCn3cccn3)CC2)c1. The first-order chi connectivity index (χ1) is 13.5. The van der Waals surface area contributed by atoms with Gasteiger partial charge in [-0.25, -0.2) is 0 Å². The number of benzene rings is 1. The van der Waals surface area contributed by atoms with Crippen LogP contribution >= 0.6 is 0 Å². The number of hydrogen-bond donors (Lipinski definition) is 0. The highest BCUT2D eigenvalue weighted by atomic mass is 16.5. The highest BCUT2D eigenvalue weighted by molar-refractivity contribution is 5.79. The number of amides is 1. The molecule has 6 nitrogen and oxygen atoms in total. The van der Waals surface area contributed by atoms with Gasteiger partial charge in [-0.2, -0.15) is 5.10 Å². The molecule has 1 saturated heterocycles. The summed E-state index contributed by atoms with van der Waals surface area (Å²) >= 11 is 0. The highest BCUT2D eigenvalue weighted by Crippen LogP contribution is 2.19. The number of carbonyl (C=O) groups excluding carboxylic acids is 1. The molecule has 0 spiro atoms. The molecule has 0 saturated carbocycles. The second kappa shape index (κ2) is 9.73. The van der Waals surface area contributed by atoms with Gasteiger partial charge in [0.15, 0.2) is 0 Å². The molecule has 152 valence electrons. The van der Waals surface area contributed by atoms with E-state index in [1.165, 1.54) is 0 Å². The van der Waals surface area contributed by atoms with Crippen LogP contribution in [-0.4, -0.2) is 64.3 Å². The maximum atomic E-state index is 12.8. The van der Waals surface area contributed by atoms with Crippen molar-refractivity contribution >= 4 is 5.91 Å². The molecule has 2 aromatic rings. The minimum Gasteiger partial charge on any atom is -0.491 e. The summed E-state index contributed by atoms with van der Waals surface area (Å²) in [5, 5.41) is 4.26. The van der Waals surface area contributed by atoms with Crippen LogP contribution in [0.15, 0.2) is 42.7 Å². The predicted octanol–water partition coefficient (Wildman–Crippen LogP) is 2.84. The van der Waals surface area contributed by atoms with Gasteiger partial charge in [-0.3, -0.25) is 9.48 Å². The van der Waals surface area contributed by atoms with Gasteiger partial charge in [0.2, 0.25) is 5.91 Å². The van der Waals surface area contributed by atoms with E-state index in [0.717, 1.165) is 50.3 Å². The van der Waals surface area contributed by atoms with Crippen LogP contribution in [0.3, 0.4) is 0 Å². The van der Waals surface area contributed by atoms with Crippen molar-refractivity contribution < 1.29 is 9.53 Å². The van der Waals surface area contributed by atoms with E-state index in [9.17, 15) is 4.79 Å². The fourth-order valence-corrected chi connectivity index (χ4v) is 3.71. The minimum atomic E-state index is 0.132. The molecule has 0 aliphatic carbocycles. The van der Waals surface area contributed by atoms with Crippen molar-refractivity contribution in [2.24, 2.45) is 0 Å². The maximum absolute atomic E-state index is 12.8. The highest BCUT2D eigenvalue weighted by Gasteiger charge is 2.25. The van der Waals surface area contributed by atoms with Crippen LogP contribution in [0.4, 0.5) is 0 Å². The van der Waals surface area contributed by atoms with E-state index < -0.39 is 0 Å². The molecule has 0 N–H and O–H groups in total. The van der Waals surface area contributed by atoms with Gasteiger partial charge in [0.05, 0.1) is 19.1 Å². The Bertz CT molecular complexity index is 737. The molecular formula is C22H32N4O2. The maximum Gasteiger partial charge on any atom is 0.226 e. The van der Waals surface area contributed by atoms with Crippen molar-refractivity contribution in [1.29, 1.82) is 0 Å². The lowest BCUT2D eigenvalue weighted by molar-refractivity contribution is -0.132. The molecule has 6 heteroatoms. The minimum absolute atomic E-state index is 0.132. The largest absolute Gasteiger partial charge is 0.491 e. The van der Waals surface area contributed by atoms with Crippen LogP contribution in [0.5, 0.6) is 5.75 Å². The summed E-state index contributed by atoms with van der Waals surface area (Å²) in [6, 6.07) is 10.1. The van der Waals surface area contributed by atoms with Gasteiger partial charge in [-0.15, -0.1) is 0 Å². The molecule has 28 heavy (non-hydrogen) atoms. The van der Waals surface area contributed by atoms with Gasteiger partial charge < -0.3 is 14.5 Å². The monoisotopic (exact) mass is 384 g/mol. The number of likely N-dealkylation sites (tertiary alicyclic amines) is 1. The number of aromatic nitrogens is 2. The molecule has 0 atom stereocenters. The Labute approximate surface area is 168 Å². The third-order valence-electron chi connectivity index (χ3n) is 5.33. The van der Waals surface area contributed by atoms with Crippen molar-refractivity contribution in [2.45, 2.75) is 51.8 Å².